The van der Waals surface area contributed by atoms with E-state index in [1.807, 2.05) is 0 Å². The highest BCUT2D eigenvalue weighted by molar-refractivity contribution is 5.22. The van der Waals surface area contributed by atoms with Crippen molar-refractivity contribution in [3.05, 3.63) is 35.4 Å². The monoisotopic (exact) mass is 234 g/mol. The van der Waals surface area contributed by atoms with Gasteiger partial charge in [-0.1, -0.05) is 31.2 Å². The molecule has 0 aliphatic rings. The van der Waals surface area contributed by atoms with Crippen LogP contribution < -0.4 is 5.73 Å². The average molecular weight is 234 g/mol. The Labute approximate surface area is 106 Å². The highest BCUT2D eigenvalue weighted by atomic mass is 15.1. The summed E-state index contributed by atoms with van der Waals surface area (Å²) in [7, 11) is 0. The third-order valence-electron chi connectivity index (χ3n) is 3.08. The molecule has 0 saturated heterocycles. The smallest absolute Gasteiger partial charge is 0.0236 e. The van der Waals surface area contributed by atoms with Gasteiger partial charge in [0.25, 0.3) is 0 Å². The molecule has 1 aromatic rings. The molecule has 96 valence electrons. The zero-order chi connectivity index (χ0) is 12.7. The van der Waals surface area contributed by atoms with Crippen molar-refractivity contribution in [1.29, 1.82) is 0 Å². The number of rotatable bonds is 7. The summed E-state index contributed by atoms with van der Waals surface area (Å²) in [5, 5.41) is 0. The number of hydrogen-bond acceptors (Lipinski definition) is 2. The molecule has 1 aromatic carbocycles. The van der Waals surface area contributed by atoms with Gasteiger partial charge in [-0.2, -0.15) is 0 Å². The maximum atomic E-state index is 5.55. The molecule has 1 rings (SSSR count). The standard InChI is InChI=1S/C15H26N2/c1-4-11-17(13(2)3)12-15-7-5-14(6-8-15)9-10-16/h5-8,13H,4,9-12,16H2,1-3H3. The molecule has 0 spiro atoms. The Morgan fingerprint density at radius 3 is 2.18 bits per heavy atom. The SMILES string of the molecule is CCCN(Cc1ccc(CCN)cc1)C(C)C. The number of benzene rings is 1. The van der Waals surface area contributed by atoms with Gasteiger partial charge in [-0.05, 0) is 50.9 Å². The third kappa shape index (κ3) is 4.88. The molecule has 0 bridgehead atoms. The van der Waals surface area contributed by atoms with Gasteiger partial charge in [0.15, 0.2) is 0 Å². The quantitative estimate of drug-likeness (QED) is 0.786. The highest BCUT2D eigenvalue weighted by Gasteiger charge is 2.08. The van der Waals surface area contributed by atoms with Crippen molar-refractivity contribution in [2.24, 2.45) is 5.73 Å². The lowest BCUT2D eigenvalue weighted by molar-refractivity contribution is 0.213. The second kappa shape index (κ2) is 7.46. The molecule has 0 fully saturated rings. The van der Waals surface area contributed by atoms with Crippen LogP contribution in [0.25, 0.3) is 0 Å². The summed E-state index contributed by atoms with van der Waals surface area (Å²) in [4.78, 5) is 2.51. The molecule has 0 aliphatic carbocycles. The molecule has 2 heteroatoms. The second-order valence-corrected chi connectivity index (χ2v) is 4.92. The van der Waals surface area contributed by atoms with Gasteiger partial charge in [0.2, 0.25) is 0 Å². The Morgan fingerprint density at radius 1 is 1.12 bits per heavy atom. The van der Waals surface area contributed by atoms with E-state index in [0.29, 0.717) is 6.04 Å². The third-order valence-corrected chi connectivity index (χ3v) is 3.08. The molecule has 2 N–H and O–H groups in total. The molecule has 0 unspecified atom stereocenters. The maximum absolute atomic E-state index is 5.55. The molecule has 17 heavy (non-hydrogen) atoms. The van der Waals surface area contributed by atoms with Gasteiger partial charge >= 0.3 is 0 Å². The minimum absolute atomic E-state index is 0.610. The van der Waals surface area contributed by atoms with E-state index in [1.54, 1.807) is 0 Å². The summed E-state index contributed by atoms with van der Waals surface area (Å²) in [6.07, 6.45) is 2.19. The Kier molecular flexibility index (Phi) is 6.23. The van der Waals surface area contributed by atoms with Crippen LogP contribution in [-0.2, 0) is 13.0 Å². The van der Waals surface area contributed by atoms with E-state index < -0.39 is 0 Å². The van der Waals surface area contributed by atoms with Crippen LogP contribution >= 0.6 is 0 Å². The summed E-state index contributed by atoms with van der Waals surface area (Å²) in [5.41, 5.74) is 8.28. The number of nitrogens with zero attached hydrogens (tertiary/aromatic N) is 1. The van der Waals surface area contributed by atoms with Crippen molar-refractivity contribution in [1.82, 2.24) is 4.90 Å². The summed E-state index contributed by atoms with van der Waals surface area (Å²) >= 11 is 0. The van der Waals surface area contributed by atoms with E-state index in [9.17, 15) is 0 Å². The van der Waals surface area contributed by atoms with Crippen molar-refractivity contribution in [2.75, 3.05) is 13.1 Å². The molecule has 0 heterocycles. The van der Waals surface area contributed by atoms with Crippen LogP contribution in [0.5, 0.6) is 0 Å². The zero-order valence-corrected chi connectivity index (χ0v) is 11.4. The molecule has 0 aromatic heterocycles. The maximum Gasteiger partial charge on any atom is 0.0236 e. The largest absolute Gasteiger partial charge is 0.330 e. The molecule has 0 radical (unpaired) electrons. The van der Waals surface area contributed by atoms with E-state index in [1.165, 1.54) is 24.1 Å². The van der Waals surface area contributed by atoms with Crippen LogP contribution in [0.2, 0.25) is 0 Å². The first-order valence-electron chi connectivity index (χ1n) is 6.69. The summed E-state index contributed by atoms with van der Waals surface area (Å²) in [5.74, 6) is 0. The van der Waals surface area contributed by atoms with Crippen LogP contribution in [0.3, 0.4) is 0 Å². The topological polar surface area (TPSA) is 29.3 Å². The van der Waals surface area contributed by atoms with Gasteiger partial charge < -0.3 is 5.73 Å². The van der Waals surface area contributed by atoms with Gasteiger partial charge in [0, 0.05) is 12.6 Å². The normalized spacial score (nSPS) is 11.4. The van der Waals surface area contributed by atoms with E-state index in [4.69, 9.17) is 5.73 Å². The van der Waals surface area contributed by atoms with Crippen LogP contribution in [0.1, 0.15) is 38.3 Å². The summed E-state index contributed by atoms with van der Waals surface area (Å²) in [6, 6.07) is 9.48. The fourth-order valence-corrected chi connectivity index (χ4v) is 2.02. The Bertz CT molecular complexity index is 303. The fourth-order valence-electron chi connectivity index (χ4n) is 2.02. The fraction of sp³-hybridized carbons (Fsp3) is 0.600. The predicted molar refractivity (Wildman–Crippen MR) is 75.0 cm³/mol. The number of hydrogen-bond donors (Lipinski definition) is 1. The lowest BCUT2D eigenvalue weighted by atomic mass is 10.1. The van der Waals surface area contributed by atoms with Gasteiger partial charge in [0.05, 0.1) is 0 Å². The van der Waals surface area contributed by atoms with E-state index >= 15 is 0 Å². The minimum atomic E-state index is 0.610. The van der Waals surface area contributed by atoms with Gasteiger partial charge in [-0.15, -0.1) is 0 Å². The Morgan fingerprint density at radius 2 is 1.71 bits per heavy atom. The minimum Gasteiger partial charge on any atom is -0.330 e. The molecular weight excluding hydrogens is 208 g/mol. The van der Waals surface area contributed by atoms with Crippen molar-refractivity contribution >= 4 is 0 Å². The number of nitrogens with two attached hydrogens (primary N) is 1. The summed E-state index contributed by atoms with van der Waals surface area (Å²) in [6.45, 7) is 9.71. The van der Waals surface area contributed by atoms with Crippen molar-refractivity contribution in [3.63, 3.8) is 0 Å². The first-order chi connectivity index (χ1) is 8.17. The lowest BCUT2D eigenvalue weighted by Crippen LogP contribution is -2.30. The van der Waals surface area contributed by atoms with Crippen LogP contribution in [0.4, 0.5) is 0 Å². The van der Waals surface area contributed by atoms with Crippen LogP contribution in [-0.4, -0.2) is 24.0 Å². The summed E-state index contributed by atoms with van der Waals surface area (Å²) < 4.78 is 0. The zero-order valence-electron chi connectivity index (χ0n) is 11.4. The van der Waals surface area contributed by atoms with E-state index in [-0.39, 0.29) is 0 Å². The van der Waals surface area contributed by atoms with Gasteiger partial charge in [-0.25, -0.2) is 0 Å². The van der Waals surface area contributed by atoms with Crippen LogP contribution in [0, 0.1) is 0 Å². The van der Waals surface area contributed by atoms with Crippen LogP contribution in [0.15, 0.2) is 24.3 Å². The van der Waals surface area contributed by atoms with Crippen molar-refractivity contribution in [2.45, 2.75) is 46.2 Å². The van der Waals surface area contributed by atoms with Gasteiger partial charge in [-0.3, -0.25) is 4.90 Å². The molecule has 2 nitrogen and oxygen atoms in total. The molecule has 0 atom stereocenters. The second-order valence-electron chi connectivity index (χ2n) is 4.92. The van der Waals surface area contributed by atoms with Gasteiger partial charge in [0.1, 0.15) is 0 Å². The first kappa shape index (κ1) is 14.2. The molecule has 0 saturated carbocycles. The lowest BCUT2D eigenvalue weighted by Gasteiger charge is -2.26. The first-order valence-corrected chi connectivity index (χ1v) is 6.69. The van der Waals surface area contributed by atoms with E-state index in [2.05, 4.69) is 49.9 Å². The Hall–Kier alpha value is -0.860. The molecular formula is C15H26N2. The highest BCUT2D eigenvalue weighted by Crippen LogP contribution is 2.10. The predicted octanol–water partition coefficient (Wildman–Crippen LogP) is 2.81. The molecule has 0 aliphatic heterocycles. The van der Waals surface area contributed by atoms with E-state index in [0.717, 1.165) is 19.5 Å². The molecule has 0 amide bonds. The average Bonchev–Trinajstić information content (AvgIpc) is 2.31. The Balaban J connectivity index is 2.60. The van der Waals surface area contributed by atoms with Crippen molar-refractivity contribution < 1.29 is 0 Å². The van der Waals surface area contributed by atoms with Crippen molar-refractivity contribution in [3.8, 4) is 0 Å².